The van der Waals surface area contributed by atoms with Crippen LogP contribution in [-0.2, 0) is 19.4 Å². The second kappa shape index (κ2) is 6.41. The van der Waals surface area contributed by atoms with Crippen molar-refractivity contribution in [3.63, 3.8) is 0 Å². The van der Waals surface area contributed by atoms with Gasteiger partial charge >= 0.3 is 5.97 Å². The van der Waals surface area contributed by atoms with Gasteiger partial charge in [-0.15, -0.1) is 0 Å². The molecule has 1 aromatic carbocycles. The number of aromatic carboxylic acids is 1. The molecule has 0 amide bonds. The molecule has 0 atom stereocenters. The number of nitrogens with zero attached hydrogens (tertiary/aromatic N) is 1. The topological polar surface area (TPSA) is 59.3 Å². The van der Waals surface area contributed by atoms with Crippen LogP contribution in [0.2, 0.25) is 0 Å². The maximum atomic E-state index is 12.5. The summed E-state index contributed by atoms with van der Waals surface area (Å²) in [7, 11) is 0. The highest BCUT2D eigenvalue weighted by Gasteiger charge is 2.17. The number of aromatic nitrogens is 1. The molecule has 1 aromatic heterocycles. The molecule has 0 fully saturated rings. The number of rotatable bonds is 5. The Labute approximate surface area is 135 Å². The third kappa shape index (κ3) is 2.93. The molecule has 0 bridgehead atoms. The molecule has 120 valence electrons. The zero-order chi connectivity index (χ0) is 16.4. The Morgan fingerprint density at radius 2 is 1.96 bits per heavy atom. The van der Waals surface area contributed by atoms with Crippen molar-refractivity contribution >= 4 is 5.97 Å². The zero-order valence-electron chi connectivity index (χ0n) is 13.3. The van der Waals surface area contributed by atoms with Crippen molar-refractivity contribution in [3.05, 3.63) is 57.4 Å². The summed E-state index contributed by atoms with van der Waals surface area (Å²) in [6.45, 7) is 2.60. The molecule has 0 radical (unpaired) electrons. The van der Waals surface area contributed by atoms with E-state index in [0.717, 1.165) is 36.9 Å². The predicted octanol–water partition coefficient (Wildman–Crippen LogP) is 3.50. The SMILES string of the molecule is CCCCn1c(-c2ccc3c(c2)CCC3)ccc(C(=O)O)c1=O. The third-order valence-corrected chi connectivity index (χ3v) is 4.53. The molecule has 23 heavy (non-hydrogen) atoms. The highest BCUT2D eigenvalue weighted by molar-refractivity contribution is 5.87. The maximum Gasteiger partial charge on any atom is 0.341 e. The van der Waals surface area contributed by atoms with Gasteiger partial charge in [-0.05, 0) is 60.6 Å². The van der Waals surface area contributed by atoms with Crippen LogP contribution >= 0.6 is 0 Å². The highest BCUT2D eigenvalue weighted by atomic mass is 16.4. The van der Waals surface area contributed by atoms with Crippen LogP contribution in [0, 0.1) is 0 Å². The van der Waals surface area contributed by atoms with Gasteiger partial charge in [-0.25, -0.2) is 4.79 Å². The minimum absolute atomic E-state index is 0.161. The smallest absolute Gasteiger partial charge is 0.341 e. The largest absolute Gasteiger partial charge is 0.477 e. The number of benzene rings is 1. The fourth-order valence-electron chi connectivity index (χ4n) is 3.26. The number of pyridine rings is 1. The Bertz CT molecular complexity index is 805. The van der Waals surface area contributed by atoms with E-state index in [2.05, 4.69) is 19.1 Å². The number of carbonyl (C=O) groups is 1. The molecule has 0 saturated heterocycles. The first-order valence-corrected chi connectivity index (χ1v) is 8.21. The summed E-state index contributed by atoms with van der Waals surface area (Å²) in [5.41, 5.74) is 3.96. The predicted molar refractivity (Wildman–Crippen MR) is 90.0 cm³/mol. The first kappa shape index (κ1) is 15.5. The average Bonchev–Trinajstić information content (AvgIpc) is 3.00. The second-order valence-electron chi connectivity index (χ2n) is 6.08. The molecule has 3 rings (SSSR count). The van der Waals surface area contributed by atoms with Gasteiger partial charge in [-0.2, -0.15) is 0 Å². The molecule has 1 heterocycles. The first-order valence-electron chi connectivity index (χ1n) is 8.21. The number of hydrogen-bond acceptors (Lipinski definition) is 2. The number of hydrogen-bond donors (Lipinski definition) is 1. The lowest BCUT2D eigenvalue weighted by Gasteiger charge is -2.14. The Morgan fingerprint density at radius 3 is 2.70 bits per heavy atom. The van der Waals surface area contributed by atoms with Gasteiger partial charge in [0.15, 0.2) is 0 Å². The highest BCUT2D eigenvalue weighted by Crippen LogP contribution is 2.28. The molecular formula is C19H21NO3. The number of carboxylic acid groups (broad SMARTS) is 1. The molecule has 0 unspecified atom stereocenters. The zero-order valence-corrected chi connectivity index (χ0v) is 13.3. The van der Waals surface area contributed by atoms with E-state index in [1.54, 1.807) is 10.6 Å². The van der Waals surface area contributed by atoms with Gasteiger partial charge in [-0.3, -0.25) is 4.79 Å². The van der Waals surface area contributed by atoms with Crippen LogP contribution in [0.25, 0.3) is 11.3 Å². The Hall–Kier alpha value is -2.36. The monoisotopic (exact) mass is 311 g/mol. The number of fused-ring (bicyclic) bond motifs is 1. The van der Waals surface area contributed by atoms with Crippen molar-refractivity contribution in [1.29, 1.82) is 0 Å². The fourth-order valence-corrected chi connectivity index (χ4v) is 3.26. The van der Waals surface area contributed by atoms with E-state index in [4.69, 9.17) is 0 Å². The Balaban J connectivity index is 2.12. The molecule has 1 aliphatic rings. The van der Waals surface area contributed by atoms with Gasteiger partial charge < -0.3 is 9.67 Å². The average molecular weight is 311 g/mol. The van der Waals surface area contributed by atoms with Gasteiger partial charge in [-0.1, -0.05) is 25.5 Å². The van der Waals surface area contributed by atoms with Crippen molar-refractivity contribution in [1.82, 2.24) is 4.57 Å². The lowest BCUT2D eigenvalue weighted by molar-refractivity contribution is 0.0694. The Kier molecular flexibility index (Phi) is 4.33. The van der Waals surface area contributed by atoms with Gasteiger partial charge in [0, 0.05) is 6.54 Å². The van der Waals surface area contributed by atoms with E-state index in [0.29, 0.717) is 6.54 Å². The van der Waals surface area contributed by atoms with Crippen LogP contribution in [-0.4, -0.2) is 15.6 Å². The normalized spacial score (nSPS) is 13.1. The van der Waals surface area contributed by atoms with Gasteiger partial charge in [0.2, 0.25) is 0 Å². The van der Waals surface area contributed by atoms with Crippen LogP contribution in [0.1, 0.15) is 47.7 Å². The summed E-state index contributed by atoms with van der Waals surface area (Å²) in [4.78, 5) is 23.8. The van der Waals surface area contributed by atoms with Gasteiger partial charge in [0.25, 0.3) is 5.56 Å². The minimum Gasteiger partial charge on any atom is -0.477 e. The van der Waals surface area contributed by atoms with Crippen molar-refractivity contribution in [2.75, 3.05) is 0 Å². The molecular weight excluding hydrogens is 290 g/mol. The van der Waals surface area contributed by atoms with Crippen molar-refractivity contribution < 1.29 is 9.90 Å². The third-order valence-electron chi connectivity index (χ3n) is 4.53. The summed E-state index contributed by atoms with van der Waals surface area (Å²) in [6.07, 6.45) is 5.18. The van der Waals surface area contributed by atoms with Crippen molar-refractivity contribution in [3.8, 4) is 11.3 Å². The molecule has 4 nitrogen and oxygen atoms in total. The minimum atomic E-state index is -1.17. The van der Waals surface area contributed by atoms with Crippen LogP contribution in [0.5, 0.6) is 0 Å². The number of aryl methyl sites for hydroxylation is 2. The maximum absolute atomic E-state index is 12.5. The van der Waals surface area contributed by atoms with Crippen molar-refractivity contribution in [2.45, 2.75) is 45.6 Å². The van der Waals surface area contributed by atoms with E-state index in [-0.39, 0.29) is 5.56 Å². The molecule has 1 aliphatic carbocycles. The van der Waals surface area contributed by atoms with Crippen LogP contribution in [0.3, 0.4) is 0 Å². The number of unbranched alkanes of at least 4 members (excludes halogenated alkanes) is 1. The first-order chi connectivity index (χ1) is 11.1. The number of carboxylic acids is 1. The molecule has 0 spiro atoms. The molecule has 1 N–H and O–H groups in total. The van der Waals surface area contributed by atoms with E-state index in [1.165, 1.54) is 23.6 Å². The lowest BCUT2D eigenvalue weighted by atomic mass is 10.0. The lowest BCUT2D eigenvalue weighted by Crippen LogP contribution is -2.27. The molecule has 4 heteroatoms. The molecule has 0 aliphatic heterocycles. The summed E-state index contributed by atoms with van der Waals surface area (Å²) in [5, 5.41) is 9.19. The standard InChI is InChI=1S/C19H21NO3/c1-2-3-11-20-17(10-9-16(18(20)21)19(22)23)15-8-7-13-5-4-6-14(13)12-15/h7-10,12H,2-6,11H2,1H3,(H,22,23). The van der Waals surface area contributed by atoms with Crippen LogP contribution in [0.4, 0.5) is 0 Å². The Morgan fingerprint density at radius 1 is 1.17 bits per heavy atom. The van der Waals surface area contributed by atoms with Crippen LogP contribution < -0.4 is 5.56 Å². The van der Waals surface area contributed by atoms with Gasteiger partial charge in [0.1, 0.15) is 5.56 Å². The molecule has 0 saturated carbocycles. The fraction of sp³-hybridized carbons (Fsp3) is 0.368. The van der Waals surface area contributed by atoms with E-state index < -0.39 is 11.5 Å². The quantitative estimate of drug-likeness (QED) is 0.919. The summed E-state index contributed by atoms with van der Waals surface area (Å²) in [5.74, 6) is -1.17. The van der Waals surface area contributed by atoms with E-state index in [9.17, 15) is 14.7 Å². The molecule has 2 aromatic rings. The second-order valence-corrected chi connectivity index (χ2v) is 6.08. The van der Waals surface area contributed by atoms with E-state index >= 15 is 0 Å². The summed E-state index contributed by atoms with van der Waals surface area (Å²) < 4.78 is 1.61. The summed E-state index contributed by atoms with van der Waals surface area (Å²) in [6, 6.07) is 9.52. The van der Waals surface area contributed by atoms with Crippen molar-refractivity contribution in [2.24, 2.45) is 0 Å². The summed E-state index contributed by atoms with van der Waals surface area (Å²) >= 11 is 0. The van der Waals surface area contributed by atoms with Gasteiger partial charge in [0.05, 0.1) is 5.69 Å². The van der Waals surface area contributed by atoms with Crippen LogP contribution in [0.15, 0.2) is 35.1 Å². The van der Waals surface area contributed by atoms with E-state index in [1.807, 2.05) is 6.07 Å².